The molecule has 1 aliphatic heterocycles. The molecular weight excluding hydrogens is 376 g/mol. The second kappa shape index (κ2) is 8.71. The van der Waals surface area contributed by atoms with E-state index in [0.29, 0.717) is 43.3 Å². The molecule has 1 aromatic carbocycles. The number of benzene rings is 1. The van der Waals surface area contributed by atoms with Gasteiger partial charge in [0.25, 0.3) is 0 Å². The van der Waals surface area contributed by atoms with E-state index in [-0.39, 0.29) is 5.04 Å². The molecular formula is C21H36O6Si. The van der Waals surface area contributed by atoms with Crippen molar-refractivity contribution in [1.82, 2.24) is 0 Å². The van der Waals surface area contributed by atoms with Crippen LogP contribution in [0.2, 0.25) is 18.1 Å². The van der Waals surface area contributed by atoms with E-state index in [2.05, 4.69) is 33.9 Å². The minimum atomic E-state index is -1.88. The highest BCUT2D eigenvalue weighted by molar-refractivity contribution is 6.74. The topological polar surface area (TPSA) is 66.4 Å². The molecule has 1 atom stereocenters. The molecule has 0 bridgehead atoms. The molecule has 0 saturated carbocycles. The van der Waals surface area contributed by atoms with E-state index >= 15 is 0 Å². The summed E-state index contributed by atoms with van der Waals surface area (Å²) in [5.41, 5.74) is 1.55. The largest absolute Gasteiger partial charge is 0.496 e. The lowest BCUT2D eigenvalue weighted by Gasteiger charge is -2.36. The molecule has 0 amide bonds. The van der Waals surface area contributed by atoms with Crippen LogP contribution in [0.4, 0.5) is 0 Å². The highest BCUT2D eigenvalue weighted by atomic mass is 28.4. The van der Waals surface area contributed by atoms with Crippen LogP contribution in [0.5, 0.6) is 11.5 Å². The molecule has 0 radical (unpaired) electrons. The predicted molar refractivity (Wildman–Crippen MR) is 111 cm³/mol. The van der Waals surface area contributed by atoms with E-state index < -0.39 is 20.2 Å². The Morgan fingerprint density at radius 1 is 1.11 bits per heavy atom. The fourth-order valence-corrected chi connectivity index (χ4v) is 3.97. The Kier molecular flexibility index (Phi) is 7.20. The Balaban J connectivity index is 2.26. The van der Waals surface area contributed by atoms with Crippen molar-refractivity contribution in [2.75, 3.05) is 27.4 Å². The normalized spacial score (nSPS) is 18.2. The molecule has 0 aromatic heterocycles. The minimum absolute atomic E-state index is 0.133. The third-order valence-electron chi connectivity index (χ3n) is 5.81. The van der Waals surface area contributed by atoms with Crippen LogP contribution in [0, 0.1) is 0 Å². The van der Waals surface area contributed by atoms with Gasteiger partial charge in [0.2, 0.25) is 0 Å². The van der Waals surface area contributed by atoms with Gasteiger partial charge in [-0.3, -0.25) is 0 Å². The summed E-state index contributed by atoms with van der Waals surface area (Å²) in [4.78, 5) is 0. The van der Waals surface area contributed by atoms with Crippen molar-refractivity contribution in [3.05, 3.63) is 23.3 Å². The van der Waals surface area contributed by atoms with Gasteiger partial charge in [0.05, 0.1) is 45.7 Å². The number of hydrogen-bond donors (Lipinski definition) is 1. The quantitative estimate of drug-likeness (QED) is 0.638. The van der Waals surface area contributed by atoms with Gasteiger partial charge >= 0.3 is 0 Å². The summed E-state index contributed by atoms with van der Waals surface area (Å²) in [6.07, 6.45) is -0.553. The smallest absolute Gasteiger partial charge is 0.192 e. The highest BCUT2D eigenvalue weighted by Crippen LogP contribution is 2.41. The molecule has 1 unspecified atom stereocenters. The zero-order chi connectivity index (χ0) is 21.2. The summed E-state index contributed by atoms with van der Waals surface area (Å²) in [7, 11) is 1.31. The predicted octanol–water partition coefficient (Wildman–Crippen LogP) is 4.41. The first-order valence-corrected chi connectivity index (χ1v) is 12.7. The van der Waals surface area contributed by atoms with Gasteiger partial charge in [-0.2, -0.15) is 0 Å². The Hall–Kier alpha value is -1.12. The van der Waals surface area contributed by atoms with Crippen molar-refractivity contribution < 1.29 is 28.5 Å². The maximum absolute atomic E-state index is 10.9. The maximum atomic E-state index is 10.9. The van der Waals surface area contributed by atoms with E-state index in [4.69, 9.17) is 23.4 Å². The Bertz CT molecular complexity index is 636. The molecule has 1 aliphatic rings. The molecule has 7 heteroatoms. The maximum Gasteiger partial charge on any atom is 0.192 e. The van der Waals surface area contributed by atoms with Crippen LogP contribution in [0.15, 0.2) is 12.1 Å². The van der Waals surface area contributed by atoms with Crippen LogP contribution in [0.3, 0.4) is 0 Å². The number of aliphatic hydroxyl groups excluding tert-OH is 1. The standard InChI is InChI=1S/C21H36O6Si/c1-20(2,3)28(7,8)27-14-15-11-17(23-5)19(18(12-15)24-6)16(22)13-21(4)25-9-10-26-21/h11-12,16,22H,9-10,13-14H2,1-8H3. The highest BCUT2D eigenvalue weighted by Gasteiger charge is 2.38. The third kappa shape index (κ3) is 5.27. The van der Waals surface area contributed by atoms with Gasteiger partial charge < -0.3 is 28.5 Å². The number of aliphatic hydroxyl groups is 1. The van der Waals surface area contributed by atoms with Gasteiger partial charge in [-0.25, -0.2) is 0 Å². The lowest BCUT2D eigenvalue weighted by atomic mass is 9.98. The van der Waals surface area contributed by atoms with Gasteiger partial charge in [-0.05, 0) is 42.8 Å². The second-order valence-corrected chi connectivity index (χ2v) is 13.8. The molecule has 6 nitrogen and oxygen atoms in total. The van der Waals surface area contributed by atoms with Crippen LogP contribution in [-0.4, -0.2) is 46.6 Å². The van der Waals surface area contributed by atoms with Crippen LogP contribution < -0.4 is 9.47 Å². The molecule has 1 N–H and O–H groups in total. The summed E-state index contributed by atoms with van der Waals surface area (Å²) in [5.74, 6) is 0.337. The molecule has 1 aromatic rings. The zero-order valence-electron chi connectivity index (χ0n) is 18.5. The average molecular weight is 413 g/mol. The second-order valence-electron chi connectivity index (χ2n) is 9.01. The van der Waals surface area contributed by atoms with Crippen molar-refractivity contribution in [2.45, 2.75) is 70.7 Å². The number of ether oxygens (including phenoxy) is 4. The summed E-state index contributed by atoms with van der Waals surface area (Å²) in [5, 5.41) is 11.0. The van der Waals surface area contributed by atoms with E-state index in [1.807, 2.05) is 19.1 Å². The number of methoxy groups -OCH3 is 2. The van der Waals surface area contributed by atoms with Crippen LogP contribution >= 0.6 is 0 Å². The van der Waals surface area contributed by atoms with Gasteiger partial charge in [-0.1, -0.05) is 20.8 Å². The van der Waals surface area contributed by atoms with Crippen molar-refractivity contribution in [3.63, 3.8) is 0 Å². The van der Waals surface area contributed by atoms with Crippen molar-refractivity contribution in [2.24, 2.45) is 0 Å². The fourth-order valence-electron chi connectivity index (χ4n) is 3.01. The van der Waals surface area contributed by atoms with Gasteiger partial charge in [0.1, 0.15) is 11.5 Å². The molecule has 1 heterocycles. The molecule has 28 heavy (non-hydrogen) atoms. The summed E-state index contributed by atoms with van der Waals surface area (Å²) < 4.78 is 28.8. The first-order valence-electron chi connectivity index (χ1n) is 9.77. The lowest BCUT2D eigenvalue weighted by Crippen LogP contribution is -2.40. The number of rotatable bonds is 8. The SMILES string of the molecule is COc1cc(CO[Si](C)(C)C(C)(C)C)cc(OC)c1C(O)CC1(C)OCCO1. The average Bonchev–Trinajstić information content (AvgIpc) is 3.03. The van der Waals surface area contributed by atoms with Crippen molar-refractivity contribution in [3.8, 4) is 11.5 Å². The first-order chi connectivity index (χ1) is 12.9. The Labute approximate surface area is 170 Å². The van der Waals surface area contributed by atoms with E-state index in [1.54, 1.807) is 14.2 Å². The van der Waals surface area contributed by atoms with E-state index in [9.17, 15) is 5.11 Å². The van der Waals surface area contributed by atoms with E-state index in [0.717, 1.165) is 5.56 Å². The lowest BCUT2D eigenvalue weighted by molar-refractivity contribution is -0.163. The molecule has 0 aliphatic carbocycles. The zero-order valence-corrected chi connectivity index (χ0v) is 19.5. The van der Waals surface area contributed by atoms with Crippen LogP contribution in [0.1, 0.15) is 51.3 Å². The van der Waals surface area contributed by atoms with Crippen LogP contribution in [0.25, 0.3) is 0 Å². The van der Waals surface area contributed by atoms with Gasteiger partial charge in [-0.15, -0.1) is 0 Å². The van der Waals surface area contributed by atoms with E-state index in [1.165, 1.54) is 0 Å². The minimum Gasteiger partial charge on any atom is -0.496 e. The number of hydrogen-bond acceptors (Lipinski definition) is 6. The van der Waals surface area contributed by atoms with Gasteiger partial charge in [0, 0.05) is 6.42 Å². The van der Waals surface area contributed by atoms with Crippen molar-refractivity contribution in [1.29, 1.82) is 0 Å². The van der Waals surface area contributed by atoms with Crippen molar-refractivity contribution >= 4 is 8.32 Å². The van der Waals surface area contributed by atoms with Crippen LogP contribution in [-0.2, 0) is 20.5 Å². The summed E-state index contributed by atoms with van der Waals surface area (Å²) >= 11 is 0. The molecule has 0 spiro atoms. The fraction of sp³-hybridized carbons (Fsp3) is 0.714. The molecule has 2 rings (SSSR count). The Morgan fingerprint density at radius 2 is 1.61 bits per heavy atom. The summed E-state index contributed by atoms with van der Waals surface area (Å²) in [6, 6.07) is 3.82. The first kappa shape index (κ1) is 23.2. The molecule has 1 saturated heterocycles. The van der Waals surface area contributed by atoms with Gasteiger partial charge in [0.15, 0.2) is 14.1 Å². The molecule has 1 fully saturated rings. The summed E-state index contributed by atoms with van der Waals surface area (Å²) in [6.45, 7) is 14.5. The Morgan fingerprint density at radius 3 is 2.04 bits per heavy atom. The monoisotopic (exact) mass is 412 g/mol. The third-order valence-corrected chi connectivity index (χ3v) is 10.3. The molecule has 160 valence electrons.